The van der Waals surface area contributed by atoms with E-state index in [1.807, 2.05) is 67.7 Å². The number of aryl methyl sites for hydroxylation is 2. The second kappa shape index (κ2) is 11.8. The van der Waals surface area contributed by atoms with Crippen LogP contribution in [0.3, 0.4) is 0 Å². The average molecular weight is 649 g/mol. The molecule has 0 bridgehead atoms. The van der Waals surface area contributed by atoms with Crippen LogP contribution in [-0.4, -0.2) is 30.0 Å². The molecule has 0 saturated carbocycles. The summed E-state index contributed by atoms with van der Waals surface area (Å²) < 4.78 is 6.39. The van der Waals surface area contributed by atoms with Crippen molar-refractivity contribution in [2.24, 2.45) is 0 Å². The summed E-state index contributed by atoms with van der Waals surface area (Å²) in [6, 6.07) is 24.0. The molecule has 246 valence electrons. The first kappa shape index (κ1) is 31.9. The molecule has 0 aliphatic heterocycles. The van der Waals surface area contributed by atoms with Crippen molar-refractivity contribution in [3.05, 3.63) is 114 Å². The molecule has 5 aromatic heterocycles. The van der Waals surface area contributed by atoms with Crippen LogP contribution in [0.2, 0.25) is 0 Å². The van der Waals surface area contributed by atoms with E-state index in [0.29, 0.717) is 33.9 Å². The molecule has 1 N–H and O–H groups in total. The first-order valence-electron chi connectivity index (χ1n) is 16.5. The molecule has 8 heteroatoms. The monoisotopic (exact) mass is 648 g/mol. The van der Waals surface area contributed by atoms with Crippen LogP contribution in [0, 0.1) is 13.8 Å². The molecule has 5 heterocycles. The zero-order valence-electron chi connectivity index (χ0n) is 29.2. The number of phenols is 1. The number of hydrogen-bond acceptors (Lipinski definition) is 8. The average Bonchev–Trinajstić information content (AvgIpc) is 3.44. The minimum Gasteiger partial charge on any atom is -0.507 e. The van der Waals surface area contributed by atoms with Crippen molar-refractivity contribution in [2.75, 3.05) is 4.90 Å². The summed E-state index contributed by atoms with van der Waals surface area (Å²) in [7, 11) is 0. The number of furan rings is 1. The Morgan fingerprint density at radius 1 is 0.735 bits per heavy atom. The second-order valence-corrected chi connectivity index (χ2v) is 14.6. The standard InChI is InChI=1S/C41H40N6O2/c1-24-17-20-42-25(2)35(24)47(32-16-9-10-18-43-32)28-14-11-13-26(21-28)33-37-34(29-15-12-19-44-39(29)49-37)46-38(45-33)30-22-27(40(3,4)5)23-31(36(30)48)41(6,7)8/h9-23,48H,1-8H3. The van der Waals surface area contributed by atoms with Gasteiger partial charge in [-0.1, -0.05) is 65.8 Å². The zero-order chi connectivity index (χ0) is 34.7. The SMILES string of the molecule is Cc1ccnc(C)c1N(c1cccc(-c2nc(-c3cc(C(C)(C)C)cc(C(C)(C)C)c3O)nc3c2oc2ncccc23)c1)c1ccccn1. The normalized spacial score (nSPS) is 12.2. The number of pyridine rings is 3. The molecule has 0 unspecified atom stereocenters. The lowest BCUT2D eigenvalue weighted by molar-refractivity contribution is 0.446. The number of aromatic hydroxyl groups is 1. The van der Waals surface area contributed by atoms with Crippen LogP contribution in [-0.2, 0) is 10.8 Å². The maximum atomic E-state index is 11.9. The minimum absolute atomic E-state index is 0.173. The van der Waals surface area contributed by atoms with Crippen molar-refractivity contribution in [2.45, 2.75) is 66.2 Å². The molecular formula is C41H40N6O2. The van der Waals surface area contributed by atoms with Crippen LogP contribution in [0.1, 0.15) is 63.9 Å². The lowest BCUT2D eigenvalue weighted by Gasteiger charge is -2.27. The van der Waals surface area contributed by atoms with Crippen molar-refractivity contribution < 1.29 is 9.52 Å². The highest BCUT2D eigenvalue weighted by Crippen LogP contribution is 2.44. The van der Waals surface area contributed by atoms with E-state index >= 15 is 0 Å². The Labute approximate surface area is 286 Å². The van der Waals surface area contributed by atoms with Gasteiger partial charge >= 0.3 is 0 Å². The Hall–Kier alpha value is -5.63. The number of fused-ring (bicyclic) bond motifs is 3. The Balaban J connectivity index is 1.51. The molecule has 8 nitrogen and oxygen atoms in total. The fraction of sp³-hybridized carbons (Fsp3) is 0.244. The van der Waals surface area contributed by atoms with Crippen LogP contribution < -0.4 is 4.90 Å². The smallest absolute Gasteiger partial charge is 0.229 e. The molecule has 0 fully saturated rings. The van der Waals surface area contributed by atoms with E-state index in [1.54, 1.807) is 12.4 Å². The van der Waals surface area contributed by atoms with Crippen molar-refractivity contribution in [3.8, 4) is 28.4 Å². The van der Waals surface area contributed by atoms with E-state index in [1.165, 1.54) is 0 Å². The zero-order valence-corrected chi connectivity index (χ0v) is 29.2. The predicted molar refractivity (Wildman–Crippen MR) is 197 cm³/mol. The van der Waals surface area contributed by atoms with Crippen LogP contribution in [0.4, 0.5) is 17.2 Å². The van der Waals surface area contributed by atoms with Gasteiger partial charge in [0.05, 0.1) is 22.3 Å². The molecule has 7 aromatic rings. The van der Waals surface area contributed by atoms with E-state index in [-0.39, 0.29) is 16.6 Å². The van der Waals surface area contributed by atoms with Crippen molar-refractivity contribution in [3.63, 3.8) is 0 Å². The van der Waals surface area contributed by atoms with Crippen LogP contribution in [0.25, 0.3) is 44.8 Å². The Morgan fingerprint density at radius 2 is 1.53 bits per heavy atom. The summed E-state index contributed by atoms with van der Waals surface area (Å²) in [5, 5.41) is 12.6. The van der Waals surface area contributed by atoms with Crippen LogP contribution >= 0.6 is 0 Å². The quantitative estimate of drug-likeness (QED) is 0.197. The van der Waals surface area contributed by atoms with Crippen molar-refractivity contribution in [1.82, 2.24) is 24.9 Å². The largest absolute Gasteiger partial charge is 0.507 e. The minimum atomic E-state index is -0.314. The van der Waals surface area contributed by atoms with Gasteiger partial charge in [0.2, 0.25) is 5.71 Å². The van der Waals surface area contributed by atoms with Gasteiger partial charge in [-0.15, -0.1) is 0 Å². The summed E-state index contributed by atoms with van der Waals surface area (Å²) in [6.07, 6.45) is 5.32. The summed E-state index contributed by atoms with van der Waals surface area (Å²) in [4.78, 5) is 26.2. The summed E-state index contributed by atoms with van der Waals surface area (Å²) in [5.41, 5.74) is 8.85. The van der Waals surface area contributed by atoms with E-state index in [9.17, 15) is 5.11 Å². The van der Waals surface area contributed by atoms with Gasteiger partial charge in [-0.05, 0) is 84.3 Å². The van der Waals surface area contributed by atoms with Gasteiger partial charge in [-0.25, -0.2) is 19.9 Å². The predicted octanol–water partition coefficient (Wildman–Crippen LogP) is 10.3. The molecule has 2 aromatic carbocycles. The number of phenolic OH excluding ortho intramolecular Hbond substituents is 1. The van der Waals surface area contributed by atoms with E-state index < -0.39 is 0 Å². The van der Waals surface area contributed by atoms with Gasteiger partial charge in [-0.3, -0.25) is 9.88 Å². The first-order valence-corrected chi connectivity index (χ1v) is 16.5. The van der Waals surface area contributed by atoms with Gasteiger partial charge in [0.25, 0.3) is 0 Å². The topological polar surface area (TPSA) is 101 Å². The Bertz CT molecular complexity index is 2330. The molecule has 0 saturated heterocycles. The second-order valence-electron chi connectivity index (χ2n) is 14.6. The molecule has 0 amide bonds. The van der Waals surface area contributed by atoms with Gasteiger partial charge < -0.3 is 9.52 Å². The highest BCUT2D eigenvalue weighted by Gasteiger charge is 2.28. The van der Waals surface area contributed by atoms with Crippen molar-refractivity contribution in [1.29, 1.82) is 0 Å². The fourth-order valence-electron chi connectivity index (χ4n) is 6.28. The van der Waals surface area contributed by atoms with E-state index in [0.717, 1.165) is 50.5 Å². The maximum absolute atomic E-state index is 11.9. The van der Waals surface area contributed by atoms with Gasteiger partial charge in [0, 0.05) is 35.4 Å². The third kappa shape index (κ3) is 5.77. The highest BCUT2D eigenvalue weighted by atomic mass is 16.3. The lowest BCUT2D eigenvalue weighted by atomic mass is 9.79. The van der Waals surface area contributed by atoms with Gasteiger partial charge in [0.1, 0.15) is 22.8 Å². The van der Waals surface area contributed by atoms with E-state index in [2.05, 4.69) is 81.5 Å². The van der Waals surface area contributed by atoms with Gasteiger partial charge in [-0.2, -0.15) is 0 Å². The summed E-state index contributed by atoms with van der Waals surface area (Å²) in [6.45, 7) is 16.9. The summed E-state index contributed by atoms with van der Waals surface area (Å²) in [5.74, 6) is 1.35. The molecule has 7 rings (SSSR count). The third-order valence-electron chi connectivity index (χ3n) is 8.90. The fourth-order valence-corrected chi connectivity index (χ4v) is 6.28. The van der Waals surface area contributed by atoms with Crippen LogP contribution in [0.5, 0.6) is 5.75 Å². The number of nitrogens with zero attached hydrogens (tertiary/aromatic N) is 6. The summed E-state index contributed by atoms with van der Waals surface area (Å²) >= 11 is 0. The number of aromatic nitrogens is 5. The highest BCUT2D eigenvalue weighted by molar-refractivity contribution is 6.06. The molecular weight excluding hydrogens is 608 g/mol. The molecule has 49 heavy (non-hydrogen) atoms. The maximum Gasteiger partial charge on any atom is 0.229 e. The Kier molecular flexibility index (Phi) is 7.70. The number of rotatable bonds is 5. The van der Waals surface area contributed by atoms with Gasteiger partial charge in [0.15, 0.2) is 11.4 Å². The molecule has 0 aliphatic rings. The van der Waals surface area contributed by atoms with Crippen LogP contribution in [0.15, 0.2) is 95.8 Å². The third-order valence-corrected chi connectivity index (χ3v) is 8.90. The van der Waals surface area contributed by atoms with E-state index in [4.69, 9.17) is 19.4 Å². The molecule has 0 radical (unpaired) electrons. The first-order chi connectivity index (χ1) is 23.3. The number of benzene rings is 2. The number of anilines is 3. The Morgan fingerprint density at radius 3 is 2.24 bits per heavy atom. The molecule has 0 atom stereocenters. The molecule has 0 aliphatic carbocycles. The molecule has 0 spiro atoms. The lowest BCUT2D eigenvalue weighted by Crippen LogP contribution is -2.17. The van der Waals surface area contributed by atoms with Crippen molar-refractivity contribution >= 4 is 39.4 Å². The number of hydrogen-bond donors (Lipinski definition) is 1.